The monoisotopic (exact) mass is 568 g/mol. The van der Waals surface area contributed by atoms with E-state index in [0.717, 1.165) is 19.3 Å². The molecular weight excluding hydrogens is 527 g/mol. The predicted molar refractivity (Wildman–Crippen MR) is 150 cm³/mol. The lowest BCUT2D eigenvalue weighted by Crippen LogP contribution is -2.63. The normalized spacial score (nSPS) is 39.8. The van der Waals surface area contributed by atoms with Gasteiger partial charge >= 0.3 is 19.1 Å². The van der Waals surface area contributed by atoms with Crippen LogP contribution in [0.2, 0.25) is 0 Å². The van der Waals surface area contributed by atoms with Gasteiger partial charge in [0.2, 0.25) is 0 Å². The Morgan fingerprint density at radius 3 is 2.66 bits per heavy atom. The van der Waals surface area contributed by atoms with E-state index in [0.29, 0.717) is 29.6 Å². The predicted octanol–water partition coefficient (Wildman–Crippen LogP) is 3.21. The smallest absolute Gasteiger partial charge is 0.482 e. The molecule has 1 aromatic carbocycles. The van der Waals surface area contributed by atoms with Crippen LogP contribution in [0.1, 0.15) is 77.9 Å². The molecule has 41 heavy (non-hydrogen) atoms. The van der Waals surface area contributed by atoms with Crippen LogP contribution in [0, 0.1) is 34.0 Å². The van der Waals surface area contributed by atoms with Gasteiger partial charge in [-0.3, -0.25) is 9.59 Å². The van der Waals surface area contributed by atoms with E-state index in [1.54, 1.807) is 18.2 Å². The fraction of sp³-hybridized carbons (Fsp3) is 0.645. The lowest BCUT2D eigenvalue weighted by atomic mass is 9.44. The summed E-state index contributed by atoms with van der Waals surface area (Å²) >= 11 is 0. The summed E-state index contributed by atoms with van der Waals surface area (Å²) in [4.78, 5) is 38.0. The molecule has 0 spiro atoms. The van der Waals surface area contributed by atoms with Crippen LogP contribution in [-0.4, -0.2) is 58.9 Å². The molecule has 1 aliphatic heterocycles. The molecule has 3 aliphatic carbocycles. The zero-order valence-corrected chi connectivity index (χ0v) is 24.3. The number of carboxylic acid groups (broad SMARTS) is 1. The van der Waals surface area contributed by atoms with E-state index < -0.39 is 54.8 Å². The number of esters is 1. The maximum absolute atomic E-state index is 13.5. The van der Waals surface area contributed by atoms with E-state index in [9.17, 15) is 24.5 Å². The lowest BCUT2D eigenvalue weighted by molar-refractivity contribution is -0.207. The third-order valence-corrected chi connectivity index (χ3v) is 11.3. The summed E-state index contributed by atoms with van der Waals surface area (Å²) in [6, 6.07) is 4.76. The third-order valence-electron chi connectivity index (χ3n) is 11.3. The van der Waals surface area contributed by atoms with Gasteiger partial charge in [-0.2, -0.15) is 0 Å². The van der Waals surface area contributed by atoms with E-state index in [2.05, 4.69) is 27.4 Å². The van der Waals surface area contributed by atoms with Crippen molar-refractivity contribution in [2.75, 3.05) is 6.61 Å². The Bertz CT molecular complexity index is 1250. The number of Topliss-reactive ketones (excluding diaryl/α,β-unsaturated/α-hetero) is 1. The highest BCUT2D eigenvalue weighted by molar-refractivity contribution is 6.61. The molecule has 222 valence electrons. The Morgan fingerprint density at radius 2 is 1.98 bits per heavy atom. The number of hydrogen-bond acceptors (Lipinski definition) is 8. The first-order valence-corrected chi connectivity index (χ1v) is 14.6. The molecule has 3 N–H and O–H groups in total. The molecule has 2 bridgehead atoms. The van der Waals surface area contributed by atoms with Crippen LogP contribution in [-0.2, 0) is 23.8 Å². The number of carbonyl (C=O) groups excluding carboxylic acids is 2. The second-order valence-electron chi connectivity index (χ2n) is 13.2. The number of carboxylic acids is 1. The van der Waals surface area contributed by atoms with E-state index >= 15 is 0 Å². The summed E-state index contributed by atoms with van der Waals surface area (Å²) < 4.78 is 17.3. The van der Waals surface area contributed by atoms with E-state index in [-0.39, 0.29) is 35.4 Å². The molecule has 4 aliphatic rings. The first-order chi connectivity index (χ1) is 19.3. The van der Waals surface area contributed by atoms with Gasteiger partial charge < -0.3 is 29.4 Å². The summed E-state index contributed by atoms with van der Waals surface area (Å²) in [5.74, 6) is -1.44. The summed E-state index contributed by atoms with van der Waals surface area (Å²) in [5.41, 5.74) is -0.740. The number of aliphatic carboxylic acids is 1. The summed E-state index contributed by atoms with van der Waals surface area (Å²) in [6.07, 6.45) is 2.61. The Morgan fingerprint density at radius 1 is 1.24 bits per heavy atom. The van der Waals surface area contributed by atoms with Crippen molar-refractivity contribution in [1.29, 1.82) is 0 Å². The van der Waals surface area contributed by atoms with Crippen LogP contribution >= 0.6 is 0 Å². The molecule has 9 atom stereocenters. The molecule has 0 aromatic heterocycles. The maximum Gasteiger partial charge on any atom is 0.492 e. The molecule has 5 rings (SSSR count). The summed E-state index contributed by atoms with van der Waals surface area (Å²) in [7, 11) is -1.29. The molecule has 1 unspecified atom stereocenters. The van der Waals surface area contributed by atoms with Gasteiger partial charge in [0.05, 0.1) is 18.6 Å². The average Bonchev–Trinajstić information content (AvgIpc) is 3.44. The minimum atomic E-state index is -1.29. The first-order valence-electron chi connectivity index (χ1n) is 14.6. The SMILES string of the molecule is C=C[C@]1(C)C[C@@H](OC(=O)COc2ccc3c(c2)B(O)OC3CC(=O)O)[C@]2(C)[C@H](C)CC[C@]3(CCC(=O)[C@H]32)[C@@H](C)[C@@H]1O. The molecule has 1 heterocycles. The Balaban J connectivity index is 1.38. The van der Waals surface area contributed by atoms with Crippen LogP contribution in [0.4, 0.5) is 0 Å². The standard InChI is InChI=1S/C31H41BO9/c1-6-29(4)15-24(30(5)17(2)9-11-31(18(3)28(29)37)12-10-22(33)27(30)31)40-26(36)16-39-19-7-8-20-21(13-19)32(38)41-23(20)14-25(34)35/h6-8,13,17-18,23-24,27-28,37-38H,1,9-12,14-16H2,2-5H3,(H,34,35)/t17-,18+,23?,24-,27+,28+,29-,30+,31+/m1/s1. The van der Waals surface area contributed by atoms with Crippen molar-refractivity contribution < 1.29 is 43.7 Å². The Labute approximate surface area is 241 Å². The summed E-state index contributed by atoms with van der Waals surface area (Å²) in [5, 5.41) is 31.0. The van der Waals surface area contributed by atoms with Crippen molar-refractivity contribution in [2.45, 2.75) is 84.5 Å². The van der Waals surface area contributed by atoms with Crippen LogP contribution in [0.5, 0.6) is 5.75 Å². The van der Waals surface area contributed by atoms with Gasteiger partial charge in [-0.05, 0) is 66.1 Å². The van der Waals surface area contributed by atoms with Crippen LogP contribution in [0.15, 0.2) is 30.9 Å². The topological polar surface area (TPSA) is 140 Å². The Kier molecular flexibility index (Phi) is 7.66. The van der Waals surface area contributed by atoms with Crippen molar-refractivity contribution in [3.8, 4) is 5.75 Å². The average molecular weight is 568 g/mol. The van der Waals surface area contributed by atoms with Gasteiger partial charge in [-0.15, -0.1) is 6.58 Å². The van der Waals surface area contributed by atoms with E-state index in [1.165, 1.54) is 6.07 Å². The second-order valence-corrected chi connectivity index (χ2v) is 13.2. The number of rotatable bonds is 7. The van der Waals surface area contributed by atoms with Crippen LogP contribution < -0.4 is 10.2 Å². The second kappa shape index (κ2) is 10.5. The Hall–Kier alpha value is -2.69. The van der Waals surface area contributed by atoms with Gasteiger partial charge in [0.1, 0.15) is 17.6 Å². The van der Waals surface area contributed by atoms with Crippen molar-refractivity contribution in [2.24, 2.45) is 34.0 Å². The molecule has 10 heteroatoms. The number of benzene rings is 1. The van der Waals surface area contributed by atoms with Crippen molar-refractivity contribution in [1.82, 2.24) is 0 Å². The third kappa shape index (κ3) is 4.72. The van der Waals surface area contributed by atoms with Crippen molar-refractivity contribution >= 4 is 30.3 Å². The number of carbonyl (C=O) groups is 3. The van der Waals surface area contributed by atoms with Gasteiger partial charge in [-0.1, -0.05) is 39.8 Å². The number of aliphatic hydroxyl groups excluding tert-OH is 1. The minimum absolute atomic E-state index is 0.108. The first kappa shape index (κ1) is 29.8. The number of aliphatic hydroxyl groups is 1. The largest absolute Gasteiger partial charge is 0.492 e. The molecule has 0 saturated heterocycles. The fourth-order valence-electron chi connectivity index (χ4n) is 8.60. The lowest BCUT2D eigenvalue weighted by Gasteiger charge is -2.61. The van der Waals surface area contributed by atoms with E-state index in [4.69, 9.17) is 19.2 Å². The number of fused-ring (bicyclic) bond motifs is 1. The molecule has 9 nitrogen and oxygen atoms in total. The highest BCUT2D eigenvalue weighted by Crippen LogP contribution is 2.68. The van der Waals surface area contributed by atoms with Crippen LogP contribution in [0.3, 0.4) is 0 Å². The molecule has 1 aromatic rings. The molecule has 3 saturated carbocycles. The van der Waals surface area contributed by atoms with Gasteiger partial charge in [0.25, 0.3) is 0 Å². The quantitative estimate of drug-likeness (QED) is 0.257. The van der Waals surface area contributed by atoms with Crippen LogP contribution in [0.25, 0.3) is 0 Å². The van der Waals surface area contributed by atoms with Crippen molar-refractivity contribution in [3.05, 3.63) is 36.4 Å². The highest BCUT2D eigenvalue weighted by Gasteiger charge is 2.68. The molecule has 0 radical (unpaired) electrons. The molecular formula is C31H41BO9. The summed E-state index contributed by atoms with van der Waals surface area (Å²) in [6.45, 7) is 11.9. The minimum Gasteiger partial charge on any atom is -0.482 e. The fourth-order valence-corrected chi connectivity index (χ4v) is 8.60. The zero-order valence-electron chi connectivity index (χ0n) is 24.3. The molecule has 3 fully saturated rings. The van der Waals surface area contributed by atoms with Gasteiger partial charge in [0, 0.05) is 23.2 Å². The number of hydrogen-bond donors (Lipinski definition) is 3. The zero-order chi connectivity index (χ0) is 29.9. The van der Waals surface area contributed by atoms with Gasteiger partial charge in [0.15, 0.2) is 6.61 Å². The maximum atomic E-state index is 13.5. The highest BCUT2D eigenvalue weighted by atomic mass is 16.6. The number of ether oxygens (including phenoxy) is 2. The van der Waals surface area contributed by atoms with E-state index in [1.807, 2.05) is 6.92 Å². The number of ketones is 1. The molecule has 0 amide bonds. The van der Waals surface area contributed by atoms with Crippen molar-refractivity contribution in [3.63, 3.8) is 0 Å². The van der Waals surface area contributed by atoms with Gasteiger partial charge in [-0.25, -0.2) is 4.79 Å².